The van der Waals surface area contributed by atoms with E-state index in [4.69, 9.17) is 4.74 Å². The molecule has 0 bridgehead atoms. The number of anilines is 2. The Morgan fingerprint density at radius 1 is 1.24 bits per heavy atom. The maximum absolute atomic E-state index is 5.63. The molecule has 1 aromatic heterocycles. The minimum atomic E-state index is 0.0508. The number of nitrogens with zero attached hydrogens (tertiary/aromatic N) is 4. The molecule has 6 nitrogen and oxygen atoms in total. The van der Waals surface area contributed by atoms with Crippen LogP contribution in [0.4, 0.5) is 11.9 Å². The van der Waals surface area contributed by atoms with Gasteiger partial charge in [-0.05, 0) is 39.5 Å². The third-order valence-corrected chi connectivity index (χ3v) is 3.63. The summed E-state index contributed by atoms with van der Waals surface area (Å²) in [7, 11) is 2.04. The fraction of sp³-hybridized carbons (Fsp3) is 0.800. The average Bonchev–Trinajstić information content (AvgIpc) is 2.91. The van der Waals surface area contributed by atoms with E-state index in [-0.39, 0.29) is 6.10 Å². The summed E-state index contributed by atoms with van der Waals surface area (Å²) in [6.45, 7) is 7.74. The molecule has 0 unspecified atom stereocenters. The van der Waals surface area contributed by atoms with Crippen molar-refractivity contribution in [3.05, 3.63) is 0 Å². The van der Waals surface area contributed by atoms with Crippen molar-refractivity contribution in [3.8, 4) is 6.01 Å². The summed E-state index contributed by atoms with van der Waals surface area (Å²) in [6, 6.07) is 0.393. The molecule has 1 N–H and O–H groups in total. The quantitative estimate of drug-likeness (QED) is 0.834. The van der Waals surface area contributed by atoms with E-state index in [1.165, 1.54) is 25.7 Å². The molecular formula is C15H27N5O. The molecule has 0 aliphatic heterocycles. The van der Waals surface area contributed by atoms with Crippen LogP contribution in [0.15, 0.2) is 0 Å². The van der Waals surface area contributed by atoms with E-state index in [1.54, 1.807) is 0 Å². The lowest BCUT2D eigenvalue weighted by atomic mass is 10.1. The number of aromatic nitrogens is 3. The molecule has 1 heterocycles. The molecule has 0 atom stereocenters. The Kier molecular flexibility index (Phi) is 5.59. The lowest BCUT2D eigenvalue weighted by molar-refractivity contribution is 0.222. The van der Waals surface area contributed by atoms with Crippen molar-refractivity contribution < 1.29 is 4.74 Å². The normalized spacial score (nSPS) is 15.5. The van der Waals surface area contributed by atoms with Crippen molar-refractivity contribution in [2.75, 3.05) is 30.4 Å². The zero-order chi connectivity index (χ0) is 15.2. The zero-order valence-corrected chi connectivity index (χ0v) is 13.6. The Labute approximate surface area is 127 Å². The summed E-state index contributed by atoms with van der Waals surface area (Å²) in [5.74, 6) is 2.02. The molecule has 0 radical (unpaired) electrons. The third kappa shape index (κ3) is 4.72. The summed E-state index contributed by atoms with van der Waals surface area (Å²) >= 11 is 0. The first-order valence-corrected chi connectivity index (χ1v) is 7.96. The van der Waals surface area contributed by atoms with Gasteiger partial charge in [-0.15, -0.1) is 0 Å². The van der Waals surface area contributed by atoms with E-state index >= 15 is 0 Å². The molecule has 2 rings (SSSR count). The fourth-order valence-corrected chi connectivity index (χ4v) is 2.68. The Balaban J connectivity index is 2.12. The second-order valence-electron chi connectivity index (χ2n) is 5.97. The van der Waals surface area contributed by atoms with Crippen molar-refractivity contribution in [3.63, 3.8) is 0 Å². The topological polar surface area (TPSA) is 63.2 Å². The second kappa shape index (κ2) is 7.43. The van der Waals surface area contributed by atoms with Crippen LogP contribution in [-0.4, -0.2) is 41.2 Å². The molecule has 118 valence electrons. The van der Waals surface area contributed by atoms with E-state index in [2.05, 4.69) is 25.2 Å². The van der Waals surface area contributed by atoms with Gasteiger partial charge in [0.1, 0.15) is 0 Å². The van der Waals surface area contributed by atoms with Gasteiger partial charge in [0, 0.05) is 20.1 Å². The first-order valence-electron chi connectivity index (χ1n) is 7.96. The van der Waals surface area contributed by atoms with Gasteiger partial charge < -0.3 is 15.0 Å². The van der Waals surface area contributed by atoms with Crippen LogP contribution in [0.2, 0.25) is 0 Å². The smallest absolute Gasteiger partial charge is 0.323 e. The van der Waals surface area contributed by atoms with Crippen LogP contribution in [0, 0.1) is 5.92 Å². The van der Waals surface area contributed by atoms with Crippen molar-refractivity contribution in [1.29, 1.82) is 0 Å². The fourth-order valence-electron chi connectivity index (χ4n) is 2.68. The average molecular weight is 293 g/mol. The number of rotatable bonds is 7. The predicted octanol–water partition coefficient (Wildman–Crippen LogP) is 2.72. The Hall–Kier alpha value is -1.59. The van der Waals surface area contributed by atoms with Crippen LogP contribution in [0.5, 0.6) is 6.01 Å². The van der Waals surface area contributed by atoms with E-state index in [0.717, 1.165) is 19.0 Å². The molecule has 0 spiro atoms. The first-order chi connectivity index (χ1) is 10.1. The number of hydrogen-bond acceptors (Lipinski definition) is 6. The van der Waals surface area contributed by atoms with Crippen molar-refractivity contribution in [1.82, 2.24) is 15.0 Å². The van der Waals surface area contributed by atoms with Gasteiger partial charge in [0.15, 0.2) is 0 Å². The molecule has 1 aliphatic carbocycles. The monoisotopic (exact) mass is 293 g/mol. The van der Waals surface area contributed by atoms with Crippen LogP contribution in [0.1, 0.15) is 46.5 Å². The standard InChI is InChI=1S/C15H27N5O/c1-5-16-13-17-14(19-15(18-13)21-11(2)3)20(4)10-12-8-6-7-9-12/h11-12H,5-10H2,1-4H3,(H,16,17,18,19). The van der Waals surface area contributed by atoms with Crippen molar-refractivity contribution in [2.45, 2.75) is 52.6 Å². The predicted molar refractivity (Wildman–Crippen MR) is 85.0 cm³/mol. The zero-order valence-electron chi connectivity index (χ0n) is 13.6. The first kappa shape index (κ1) is 15.8. The van der Waals surface area contributed by atoms with E-state index in [0.29, 0.717) is 17.9 Å². The Morgan fingerprint density at radius 2 is 1.95 bits per heavy atom. The van der Waals surface area contributed by atoms with Crippen LogP contribution in [0.25, 0.3) is 0 Å². The van der Waals surface area contributed by atoms with E-state index < -0.39 is 0 Å². The van der Waals surface area contributed by atoms with Gasteiger partial charge in [-0.3, -0.25) is 0 Å². The van der Waals surface area contributed by atoms with Crippen LogP contribution >= 0.6 is 0 Å². The molecule has 0 aromatic carbocycles. The van der Waals surface area contributed by atoms with Gasteiger partial charge in [-0.1, -0.05) is 12.8 Å². The molecule has 1 aromatic rings. The van der Waals surface area contributed by atoms with E-state index in [1.807, 2.05) is 27.8 Å². The minimum Gasteiger partial charge on any atom is -0.461 e. The summed E-state index contributed by atoms with van der Waals surface area (Å²) in [5.41, 5.74) is 0. The highest BCUT2D eigenvalue weighted by molar-refractivity contribution is 5.37. The summed E-state index contributed by atoms with van der Waals surface area (Å²) in [5, 5.41) is 3.14. The Bertz CT molecular complexity index is 446. The third-order valence-electron chi connectivity index (χ3n) is 3.63. The highest BCUT2D eigenvalue weighted by Gasteiger charge is 2.19. The maximum atomic E-state index is 5.63. The molecule has 0 amide bonds. The number of hydrogen-bond donors (Lipinski definition) is 1. The second-order valence-corrected chi connectivity index (χ2v) is 5.97. The summed E-state index contributed by atoms with van der Waals surface area (Å²) in [6.07, 6.45) is 5.37. The summed E-state index contributed by atoms with van der Waals surface area (Å²) < 4.78 is 5.63. The van der Waals surface area contributed by atoms with Crippen LogP contribution in [-0.2, 0) is 0 Å². The molecule has 6 heteroatoms. The van der Waals surface area contributed by atoms with Crippen LogP contribution < -0.4 is 15.0 Å². The van der Waals surface area contributed by atoms with Gasteiger partial charge >= 0.3 is 6.01 Å². The molecule has 1 aliphatic rings. The summed E-state index contributed by atoms with van der Waals surface area (Å²) in [4.78, 5) is 15.3. The van der Waals surface area contributed by atoms with Gasteiger partial charge in [-0.2, -0.15) is 15.0 Å². The van der Waals surface area contributed by atoms with Gasteiger partial charge in [0.25, 0.3) is 0 Å². The largest absolute Gasteiger partial charge is 0.461 e. The van der Waals surface area contributed by atoms with Crippen molar-refractivity contribution in [2.24, 2.45) is 5.92 Å². The highest BCUT2D eigenvalue weighted by Crippen LogP contribution is 2.26. The van der Waals surface area contributed by atoms with Crippen molar-refractivity contribution >= 4 is 11.9 Å². The minimum absolute atomic E-state index is 0.0508. The highest BCUT2D eigenvalue weighted by atomic mass is 16.5. The number of nitrogens with one attached hydrogen (secondary N) is 1. The number of ether oxygens (including phenoxy) is 1. The van der Waals surface area contributed by atoms with Gasteiger partial charge in [0.05, 0.1) is 6.10 Å². The molecule has 1 saturated carbocycles. The lowest BCUT2D eigenvalue weighted by Crippen LogP contribution is -2.27. The van der Waals surface area contributed by atoms with Crippen LogP contribution in [0.3, 0.4) is 0 Å². The molecule has 1 fully saturated rings. The molecular weight excluding hydrogens is 266 g/mol. The molecule has 21 heavy (non-hydrogen) atoms. The van der Waals surface area contributed by atoms with Gasteiger partial charge in [-0.25, -0.2) is 0 Å². The lowest BCUT2D eigenvalue weighted by Gasteiger charge is -2.22. The maximum Gasteiger partial charge on any atom is 0.323 e. The van der Waals surface area contributed by atoms with Gasteiger partial charge in [0.2, 0.25) is 11.9 Å². The molecule has 0 saturated heterocycles. The SMILES string of the molecule is CCNc1nc(OC(C)C)nc(N(C)CC2CCCC2)n1. The van der Waals surface area contributed by atoms with E-state index in [9.17, 15) is 0 Å². The Morgan fingerprint density at radius 3 is 2.57 bits per heavy atom.